The van der Waals surface area contributed by atoms with Crippen molar-refractivity contribution in [3.63, 3.8) is 0 Å². The van der Waals surface area contributed by atoms with Crippen LogP contribution in [0, 0.1) is 0 Å². The quantitative estimate of drug-likeness (QED) is 0.761. The van der Waals surface area contributed by atoms with Crippen LogP contribution >= 0.6 is 0 Å². The van der Waals surface area contributed by atoms with Gasteiger partial charge < -0.3 is 9.84 Å². The van der Waals surface area contributed by atoms with Crippen LogP contribution in [0.15, 0.2) is 0 Å². The molecule has 1 aliphatic rings. The molecule has 1 saturated heterocycles. The number of halogens is 3. The first-order valence-electron chi connectivity index (χ1n) is 4.52. The fraction of sp³-hybridized carbons (Fsp3) is 0.857. The number of carbonyl (C=O) groups is 1. The van der Waals surface area contributed by atoms with E-state index in [4.69, 9.17) is 9.84 Å². The zero-order valence-electron chi connectivity index (χ0n) is 8.45. The molecule has 17 heavy (non-hydrogen) atoms. The van der Waals surface area contributed by atoms with Gasteiger partial charge in [-0.2, -0.15) is 17.9 Å². The third-order valence-electron chi connectivity index (χ3n) is 2.39. The van der Waals surface area contributed by atoms with Crippen LogP contribution in [0.2, 0.25) is 0 Å². The van der Waals surface area contributed by atoms with E-state index in [0.29, 0.717) is 0 Å². The van der Waals surface area contributed by atoms with E-state index >= 15 is 0 Å². The van der Waals surface area contributed by atoms with Crippen molar-refractivity contribution in [1.82, 2.24) is 4.72 Å². The molecule has 1 aliphatic heterocycles. The van der Waals surface area contributed by atoms with Gasteiger partial charge in [-0.15, -0.1) is 0 Å². The van der Waals surface area contributed by atoms with E-state index in [1.807, 2.05) is 0 Å². The lowest BCUT2D eigenvalue weighted by molar-refractivity contribution is -0.148. The summed E-state index contributed by atoms with van der Waals surface area (Å²) in [5, 5.41) is 8.87. The minimum absolute atomic E-state index is 0.118. The van der Waals surface area contributed by atoms with Crippen LogP contribution in [-0.4, -0.2) is 43.8 Å². The van der Waals surface area contributed by atoms with Gasteiger partial charge in [-0.1, -0.05) is 0 Å². The number of sulfonamides is 1. The van der Waals surface area contributed by atoms with Gasteiger partial charge in [0, 0.05) is 26.1 Å². The highest BCUT2D eigenvalue weighted by Gasteiger charge is 2.53. The SMILES string of the molecule is O=C(O)C1(NS(=O)(=O)C(F)(F)F)CCOCC1. The predicted octanol–water partition coefficient (Wildman–Crippen LogP) is 0.0594. The van der Waals surface area contributed by atoms with E-state index in [1.165, 1.54) is 4.72 Å². The van der Waals surface area contributed by atoms with Gasteiger partial charge in [-0.05, 0) is 0 Å². The molecule has 0 aliphatic carbocycles. The summed E-state index contributed by atoms with van der Waals surface area (Å²) in [6, 6.07) is 0. The summed E-state index contributed by atoms with van der Waals surface area (Å²) in [7, 11) is -5.69. The van der Waals surface area contributed by atoms with E-state index in [-0.39, 0.29) is 26.1 Å². The number of rotatable bonds is 3. The van der Waals surface area contributed by atoms with Crippen LogP contribution < -0.4 is 4.72 Å². The van der Waals surface area contributed by atoms with E-state index in [0.717, 1.165) is 0 Å². The summed E-state index contributed by atoms with van der Waals surface area (Å²) >= 11 is 0. The average molecular weight is 277 g/mol. The maximum Gasteiger partial charge on any atom is 0.511 e. The molecule has 0 aromatic carbocycles. The van der Waals surface area contributed by atoms with Gasteiger partial charge in [0.05, 0.1) is 0 Å². The first kappa shape index (κ1) is 14.2. The topological polar surface area (TPSA) is 92.7 Å². The molecular formula is C7H10F3NO5S. The van der Waals surface area contributed by atoms with Gasteiger partial charge >= 0.3 is 21.5 Å². The summed E-state index contributed by atoms with van der Waals surface area (Å²) < 4.78 is 64.2. The normalized spacial score (nSPS) is 21.1. The van der Waals surface area contributed by atoms with Crippen LogP contribution in [0.3, 0.4) is 0 Å². The largest absolute Gasteiger partial charge is 0.511 e. The number of hydrogen-bond acceptors (Lipinski definition) is 4. The lowest BCUT2D eigenvalue weighted by Gasteiger charge is -2.33. The maximum atomic E-state index is 12.1. The van der Waals surface area contributed by atoms with E-state index in [2.05, 4.69) is 0 Å². The van der Waals surface area contributed by atoms with Crippen molar-refractivity contribution in [3.8, 4) is 0 Å². The van der Waals surface area contributed by atoms with Gasteiger partial charge in [-0.25, -0.2) is 8.42 Å². The monoisotopic (exact) mass is 277 g/mol. The number of nitrogens with one attached hydrogen (secondary N) is 1. The molecule has 2 N–H and O–H groups in total. The Balaban J connectivity index is 3.00. The van der Waals surface area contributed by atoms with Crippen molar-refractivity contribution in [3.05, 3.63) is 0 Å². The minimum Gasteiger partial charge on any atom is -0.480 e. The number of carboxylic acids is 1. The highest BCUT2D eigenvalue weighted by Crippen LogP contribution is 2.28. The Labute approximate surface area is 94.8 Å². The van der Waals surface area contributed by atoms with Crippen LogP contribution in [0.4, 0.5) is 13.2 Å². The molecule has 0 bridgehead atoms. The fourth-order valence-corrected chi connectivity index (χ4v) is 2.32. The molecule has 1 fully saturated rings. The number of alkyl halides is 3. The highest BCUT2D eigenvalue weighted by atomic mass is 32.2. The molecule has 10 heteroatoms. The first-order valence-corrected chi connectivity index (χ1v) is 6.00. The second-order valence-electron chi connectivity index (χ2n) is 3.55. The predicted molar refractivity (Wildman–Crippen MR) is 48.5 cm³/mol. The van der Waals surface area contributed by atoms with Crippen molar-refractivity contribution in [1.29, 1.82) is 0 Å². The smallest absolute Gasteiger partial charge is 0.480 e. The highest BCUT2D eigenvalue weighted by molar-refractivity contribution is 7.90. The van der Waals surface area contributed by atoms with Crippen molar-refractivity contribution < 1.29 is 36.2 Å². The van der Waals surface area contributed by atoms with Gasteiger partial charge in [0.2, 0.25) is 0 Å². The molecule has 0 atom stereocenters. The lowest BCUT2D eigenvalue weighted by atomic mass is 9.92. The number of ether oxygens (including phenoxy) is 1. The van der Waals surface area contributed by atoms with Gasteiger partial charge in [0.25, 0.3) is 0 Å². The fourth-order valence-electron chi connectivity index (χ4n) is 1.39. The molecule has 0 aromatic heterocycles. The van der Waals surface area contributed by atoms with Crippen molar-refractivity contribution in [2.45, 2.75) is 23.9 Å². The Bertz CT molecular complexity index is 398. The zero-order valence-corrected chi connectivity index (χ0v) is 9.27. The van der Waals surface area contributed by atoms with Crippen molar-refractivity contribution >= 4 is 16.0 Å². The maximum absolute atomic E-state index is 12.1. The summed E-state index contributed by atoms with van der Waals surface area (Å²) in [6.45, 7) is -0.237. The molecule has 0 saturated carbocycles. The molecule has 1 rings (SSSR count). The summed E-state index contributed by atoms with van der Waals surface area (Å²) in [4.78, 5) is 10.9. The Morgan fingerprint density at radius 2 is 1.76 bits per heavy atom. The zero-order chi connectivity index (χ0) is 13.3. The first-order chi connectivity index (χ1) is 7.61. The van der Waals surface area contributed by atoms with Crippen LogP contribution in [0.1, 0.15) is 12.8 Å². The molecular weight excluding hydrogens is 267 g/mol. The molecule has 0 radical (unpaired) electrons. The third kappa shape index (κ3) is 2.87. The lowest BCUT2D eigenvalue weighted by Crippen LogP contribution is -2.59. The molecule has 0 aromatic rings. The van der Waals surface area contributed by atoms with E-state index < -0.39 is 27.0 Å². The molecule has 100 valence electrons. The average Bonchev–Trinajstić information content (AvgIpc) is 2.16. The van der Waals surface area contributed by atoms with E-state index in [1.54, 1.807) is 0 Å². The number of aliphatic carboxylic acids is 1. The van der Waals surface area contributed by atoms with Gasteiger partial charge in [-0.3, -0.25) is 4.79 Å². The molecule has 0 amide bonds. The van der Waals surface area contributed by atoms with Gasteiger partial charge in [0.15, 0.2) is 0 Å². The summed E-state index contributed by atoms with van der Waals surface area (Å²) in [5.41, 5.74) is -7.68. The van der Waals surface area contributed by atoms with Crippen molar-refractivity contribution in [2.75, 3.05) is 13.2 Å². The minimum atomic E-state index is -5.69. The molecule has 6 nitrogen and oxygen atoms in total. The Hall–Kier alpha value is -0.870. The standard InChI is InChI=1S/C7H10F3NO5S/c8-7(9,10)17(14,15)11-6(5(12)13)1-3-16-4-2-6/h11H,1-4H2,(H,12,13). The molecule has 1 heterocycles. The Morgan fingerprint density at radius 3 is 2.12 bits per heavy atom. The van der Waals surface area contributed by atoms with Crippen LogP contribution in [-0.2, 0) is 19.6 Å². The second kappa shape index (κ2) is 4.42. The Kier molecular flexibility index (Phi) is 3.69. The third-order valence-corrected chi connectivity index (χ3v) is 3.66. The van der Waals surface area contributed by atoms with Gasteiger partial charge in [0.1, 0.15) is 5.54 Å². The summed E-state index contributed by atoms with van der Waals surface area (Å²) in [6.07, 6.45) is -0.699. The number of carboxylic acid groups (broad SMARTS) is 1. The molecule has 0 unspecified atom stereocenters. The number of hydrogen-bond donors (Lipinski definition) is 2. The van der Waals surface area contributed by atoms with E-state index in [9.17, 15) is 26.4 Å². The van der Waals surface area contributed by atoms with Crippen LogP contribution in [0.25, 0.3) is 0 Å². The molecule has 0 spiro atoms. The van der Waals surface area contributed by atoms with Crippen molar-refractivity contribution in [2.24, 2.45) is 0 Å². The van der Waals surface area contributed by atoms with Crippen LogP contribution in [0.5, 0.6) is 0 Å². The second-order valence-corrected chi connectivity index (χ2v) is 5.22. The Morgan fingerprint density at radius 1 is 1.29 bits per heavy atom. The summed E-state index contributed by atoms with van der Waals surface area (Å²) in [5.74, 6) is -1.64.